The number of nitrogens with one attached hydrogen (secondary N) is 1. The van der Waals surface area contributed by atoms with Gasteiger partial charge in [0.2, 0.25) is 0 Å². The molecule has 0 bridgehead atoms. The number of rotatable bonds is 1. The summed E-state index contributed by atoms with van der Waals surface area (Å²) in [5.74, 6) is 0. The van der Waals surface area contributed by atoms with Crippen molar-refractivity contribution in [1.29, 1.82) is 0 Å². The quantitative estimate of drug-likeness (QED) is 0.764. The highest BCUT2D eigenvalue weighted by molar-refractivity contribution is 9.10. The Kier molecular flexibility index (Phi) is 2.64. The molecule has 4 heteroatoms. The van der Waals surface area contributed by atoms with Crippen LogP contribution in [0.25, 0.3) is 11.0 Å². The maximum Gasteiger partial charge on any atom is 0.178 e. The van der Waals surface area contributed by atoms with E-state index in [9.17, 15) is 0 Å². The summed E-state index contributed by atoms with van der Waals surface area (Å²) in [5.41, 5.74) is 2.37. The molecular formula is C12H13BrN2S. The molecule has 1 aliphatic carbocycles. The zero-order valence-corrected chi connectivity index (χ0v) is 11.3. The van der Waals surface area contributed by atoms with Crippen molar-refractivity contribution in [2.45, 2.75) is 31.7 Å². The van der Waals surface area contributed by atoms with Crippen LogP contribution in [0.2, 0.25) is 0 Å². The molecule has 2 nitrogen and oxygen atoms in total. The Morgan fingerprint density at radius 3 is 2.81 bits per heavy atom. The molecule has 0 spiro atoms. The third kappa shape index (κ3) is 1.64. The second kappa shape index (κ2) is 4.00. The molecule has 3 rings (SSSR count). The van der Waals surface area contributed by atoms with Gasteiger partial charge in [-0.3, -0.25) is 0 Å². The Labute approximate surface area is 108 Å². The molecule has 1 N–H and O–H groups in total. The standard InChI is InChI=1S/C12H13BrN2S/c13-8-5-6-11-10(7-8)14-12(16)15(11)9-3-1-2-4-9/h5-7,9H,1-4H2,(H,14,16). The average molecular weight is 297 g/mol. The number of fused-ring (bicyclic) bond motifs is 1. The second-order valence-electron chi connectivity index (χ2n) is 4.40. The fraction of sp³-hybridized carbons (Fsp3) is 0.417. The number of H-pyrrole nitrogens is 1. The van der Waals surface area contributed by atoms with Gasteiger partial charge in [0.15, 0.2) is 4.77 Å². The lowest BCUT2D eigenvalue weighted by Gasteiger charge is -2.12. The van der Waals surface area contributed by atoms with Crippen LogP contribution in [0.15, 0.2) is 22.7 Å². The molecule has 1 aromatic heterocycles. The third-order valence-electron chi connectivity index (χ3n) is 3.37. The van der Waals surface area contributed by atoms with Crippen molar-refractivity contribution < 1.29 is 0 Å². The zero-order chi connectivity index (χ0) is 11.1. The predicted octanol–water partition coefficient (Wildman–Crippen LogP) is 4.58. The van der Waals surface area contributed by atoms with Gasteiger partial charge in [0, 0.05) is 10.5 Å². The average Bonchev–Trinajstić information content (AvgIpc) is 2.83. The summed E-state index contributed by atoms with van der Waals surface area (Å²) in [4.78, 5) is 3.29. The van der Waals surface area contributed by atoms with Crippen molar-refractivity contribution in [3.05, 3.63) is 27.4 Å². The highest BCUT2D eigenvalue weighted by atomic mass is 79.9. The number of halogens is 1. The number of aromatic amines is 1. The Bertz CT molecular complexity index is 578. The minimum atomic E-state index is 0.599. The maximum atomic E-state index is 5.42. The Morgan fingerprint density at radius 1 is 1.31 bits per heavy atom. The van der Waals surface area contributed by atoms with E-state index in [4.69, 9.17) is 12.2 Å². The van der Waals surface area contributed by atoms with Crippen LogP contribution >= 0.6 is 28.1 Å². The lowest BCUT2D eigenvalue weighted by atomic mass is 10.2. The van der Waals surface area contributed by atoms with Gasteiger partial charge in [0.1, 0.15) is 0 Å². The topological polar surface area (TPSA) is 20.7 Å². The molecule has 0 saturated heterocycles. The number of imidazole rings is 1. The van der Waals surface area contributed by atoms with Gasteiger partial charge in [-0.2, -0.15) is 0 Å². The van der Waals surface area contributed by atoms with Crippen molar-refractivity contribution in [3.8, 4) is 0 Å². The van der Waals surface area contributed by atoms with Gasteiger partial charge < -0.3 is 9.55 Å². The summed E-state index contributed by atoms with van der Waals surface area (Å²) in [6, 6.07) is 6.92. The minimum absolute atomic E-state index is 0.599. The molecule has 84 valence electrons. The molecule has 1 saturated carbocycles. The zero-order valence-electron chi connectivity index (χ0n) is 8.87. The van der Waals surface area contributed by atoms with Crippen molar-refractivity contribution >= 4 is 39.2 Å². The molecule has 0 atom stereocenters. The van der Waals surface area contributed by atoms with Crippen molar-refractivity contribution in [2.24, 2.45) is 0 Å². The van der Waals surface area contributed by atoms with Crippen LogP contribution in [-0.4, -0.2) is 9.55 Å². The highest BCUT2D eigenvalue weighted by Gasteiger charge is 2.19. The normalized spacial score (nSPS) is 17.3. The van der Waals surface area contributed by atoms with E-state index in [2.05, 4.69) is 43.7 Å². The summed E-state index contributed by atoms with van der Waals surface area (Å²) >= 11 is 8.91. The molecule has 16 heavy (non-hydrogen) atoms. The van der Waals surface area contributed by atoms with E-state index in [1.54, 1.807) is 0 Å². The Balaban J connectivity index is 2.23. The molecule has 2 aromatic rings. The number of hydrogen-bond acceptors (Lipinski definition) is 1. The van der Waals surface area contributed by atoms with Gasteiger partial charge in [-0.15, -0.1) is 0 Å². The van der Waals surface area contributed by atoms with Crippen molar-refractivity contribution in [2.75, 3.05) is 0 Å². The second-order valence-corrected chi connectivity index (χ2v) is 5.70. The summed E-state index contributed by atoms with van der Waals surface area (Å²) in [6.45, 7) is 0. The van der Waals surface area contributed by atoms with E-state index in [1.165, 1.54) is 31.2 Å². The van der Waals surface area contributed by atoms with Crippen molar-refractivity contribution in [1.82, 2.24) is 9.55 Å². The third-order valence-corrected chi connectivity index (χ3v) is 4.16. The van der Waals surface area contributed by atoms with E-state index >= 15 is 0 Å². The summed E-state index contributed by atoms with van der Waals surface area (Å²) < 4.78 is 4.25. The maximum absolute atomic E-state index is 5.42. The molecule has 0 aliphatic heterocycles. The summed E-state index contributed by atoms with van der Waals surface area (Å²) in [6.07, 6.45) is 5.18. The number of hydrogen-bond donors (Lipinski definition) is 1. The highest BCUT2D eigenvalue weighted by Crippen LogP contribution is 2.33. The van der Waals surface area contributed by atoms with E-state index in [0.717, 1.165) is 14.8 Å². The predicted molar refractivity (Wildman–Crippen MR) is 72.3 cm³/mol. The first-order valence-electron chi connectivity index (χ1n) is 5.65. The van der Waals surface area contributed by atoms with E-state index < -0.39 is 0 Å². The van der Waals surface area contributed by atoms with E-state index in [-0.39, 0.29) is 0 Å². The Hall–Kier alpha value is -0.610. The van der Waals surface area contributed by atoms with Crippen LogP contribution < -0.4 is 0 Å². The monoisotopic (exact) mass is 296 g/mol. The van der Waals surface area contributed by atoms with Gasteiger partial charge in [0.25, 0.3) is 0 Å². The first-order valence-corrected chi connectivity index (χ1v) is 6.85. The molecular weight excluding hydrogens is 284 g/mol. The number of benzene rings is 1. The van der Waals surface area contributed by atoms with E-state index in [0.29, 0.717) is 6.04 Å². The molecule has 0 unspecified atom stereocenters. The lowest BCUT2D eigenvalue weighted by Crippen LogP contribution is -2.04. The first kappa shape index (κ1) is 10.5. The van der Waals surface area contributed by atoms with Crippen LogP contribution in [0.3, 0.4) is 0 Å². The molecule has 1 heterocycles. The molecule has 1 fully saturated rings. The lowest BCUT2D eigenvalue weighted by molar-refractivity contribution is 0.526. The minimum Gasteiger partial charge on any atom is -0.331 e. The fourth-order valence-electron chi connectivity index (χ4n) is 2.63. The van der Waals surface area contributed by atoms with Gasteiger partial charge >= 0.3 is 0 Å². The van der Waals surface area contributed by atoms with Crippen LogP contribution in [0.4, 0.5) is 0 Å². The molecule has 0 radical (unpaired) electrons. The van der Waals surface area contributed by atoms with Crippen molar-refractivity contribution in [3.63, 3.8) is 0 Å². The molecule has 1 aliphatic rings. The number of aromatic nitrogens is 2. The van der Waals surface area contributed by atoms with Crippen LogP contribution in [-0.2, 0) is 0 Å². The van der Waals surface area contributed by atoms with Gasteiger partial charge in [-0.25, -0.2) is 0 Å². The fourth-order valence-corrected chi connectivity index (χ4v) is 3.35. The van der Waals surface area contributed by atoms with Gasteiger partial charge in [-0.1, -0.05) is 28.8 Å². The molecule has 0 amide bonds. The smallest absolute Gasteiger partial charge is 0.178 e. The van der Waals surface area contributed by atoms with Crippen LogP contribution in [0, 0.1) is 4.77 Å². The Morgan fingerprint density at radius 2 is 2.06 bits per heavy atom. The SMILES string of the molecule is S=c1[nH]c2cc(Br)ccc2n1C1CCCC1. The largest absolute Gasteiger partial charge is 0.331 e. The first-order chi connectivity index (χ1) is 7.75. The van der Waals surface area contributed by atoms with Gasteiger partial charge in [0.05, 0.1) is 11.0 Å². The number of nitrogens with zero attached hydrogens (tertiary/aromatic N) is 1. The molecule has 1 aromatic carbocycles. The summed E-state index contributed by atoms with van der Waals surface area (Å²) in [7, 11) is 0. The van der Waals surface area contributed by atoms with E-state index in [1.807, 2.05) is 0 Å². The summed E-state index contributed by atoms with van der Waals surface area (Å²) in [5, 5.41) is 0. The van der Waals surface area contributed by atoms with Gasteiger partial charge in [-0.05, 0) is 43.3 Å². The van der Waals surface area contributed by atoms with Crippen LogP contribution in [0.1, 0.15) is 31.7 Å². The van der Waals surface area contributed by atoms with Crippen LogP contribution in [0.5, 0.6) is 0 Å².